The van der Waals surface area contributed by atoms with Crippen LogP contribution in [0, 0.1) is 0 Å². The van der Waals surface area contributed by atoms with E-state index in [2.05, 4.69) is 0 Å². The van der Waals surface area contributed by atoms with Crippen LogP contribution in [-0.2, 0) is 29.5 Å². The van der Waals surface area contributed by atoms with Gasteiger partial charge in [-0.3, -0.25) is 0 Å². The first-order chi connectivity index (χ1) is 18.0. The van der Waals surface area contributed by atoms with Crippen molar-refractivity contribution in [1.29, 1.82) is 0 Å². The lowest BCUT2D eigenvalue weighted by atomic mass is 10.3. The molecule has 4 rings (SSSR count). The van der Waals surface area contributed by atoms with Crippen LogP contribution in [0.15, 0.2) is 126 Å². The van der Waals surface area contributed by atoms with Gasteiger partial charge in [-0.2, -0.15) is 0 Å². The zero-order valence-electron chi connectivity index (χ0n) is 20.4. The van der Waals surface area contributed by atoms with Gasteiger partial charge >= 0.3 is 0 Å². The second kappa shape index (κ2) is 10.6. The molecule has 0 aromatic heterocycles. The first kappa shape index (κ1) is 27.4. The fourth-order valence-electron chi connectivity index (χ4n) is 3.64. The summed E-state index contributed by atoms with van der Waals surface area (Å²) in [6, 6.07) is 21.5. The van der Waals surface area contributed by atoms with Crippen molar-refractivity contribution in [2.24, 2.45) is 0 Å². The molecule has 8 nitrogen and oxygen atoms in total. The van der Waals surface area contributed by atoms with Crippen molar-refractivity contribution >= 4 is 29.5 Å². The minimum Gasteiger partial charge on any atom is -0.497 e. The molecule has 0 N–H and O–H groups in total. The second-order valence-corrected chi connectivity index (χ2v) is 13.9. The van der Waals surface area contributed by atoms with Gasteiger partial charge in [-0.05, 0) is 104 Å². The van der Waals surface area contributed by atoms with E-state index in [4.69, 9.17) is 9.47 Å². The lowest BCUT2D eigenvalue weighted by molar-refractivity contribution is 0.340. The second-order valence-electron chi connectivity index (χ2n) is 8.03. The average Bonchev–Trinajstić information content (AvgIpc) is 2.93. The van der Waals surface area contributed by atoms with Gasteiger partial charge in [-0.25, -0.2) is 25.3 Å². The van der Waals surface area contributed by atoms with Crippen LogP contribution in [0.5, 0.6) is 11.5 Å². The molecular formula is C27H24O8S3. The molecule has 0 atom stereocenters. The van der Waals surface area contributed by atoms with Gasteiger partial charge in [0.25, 0.3) is 0 Å². The van der Waals surface area contributed by atoms with Crippen molar-refractivity contribution in [1.82, 2.24) is 0 Å². The number of hydrogen-bond donors (Lipinski definition) is 0. The zero-order chi connectivity index (χ0) is 27.6. The van der Waals surface area contributed by atoms with Gasteiger partial charge in [0.05, 0.1) is 43.1 Å². The average molecular weight is 573 g/mol. The van der Waals surface area contributed by atoms with E-state index in [1.54, 1.807) is 12.1 Å². The molecule has 11 heteroatoms. The Labute approximate surface area is 222 Å². The first-order valence-electron chi connectivity index (χ1n) is 11.3. The molecule has 4 aromatic carbocycles. The maximum atomic E-state index is 13.1. The van der Waals surface area contributed by atoms with Crippen molar-refractivity contribution in [2.75, 3.05) is 13.7 Å². The van der Waals surface area contributed by atoms with Crippen LogP contribution in [0.25, 0.3) is 0 Å². The van der Waals surface area contributed by atoms with Crippen LogP contribution < -0.4 is 9.47 Å². The van der Waals surface area contributed by atoms with Crippen molar-refractivity contribution in [3.05, 3.63) is 97.1 Å². The van der Waals surface area contributed by atoms with Crippen molar-refractivity contribution < 1.29 is 34.7 Å². The minimum atomic E-state index is -4.04. The topological polar surface area (TPSA) is 121 Å². The summed E-state index contributed by atoms with van der Waals surface area (Å²) in [5.41, 5.74) is 0. The molecule has 0 saturated heterocycles. The fourth-order valence-corrected chi connectivity index (χ4v) is 7.42. The molecule has 0 bridgehead atoms. The van der Waals surface area contributed by atoms with Gasteiger partial charge in [0.2, 0.25) is 29.5 Å². The highest BCUT2D eigenvalue weighted by Crippen LogP contribution is 2.28. The molecule has 0 amide bonds. The minimum absolute atomic E-state index is 0.0400. The molecule has 0 aliphatic carbocycles. The Bertz CT molecular complexity index is 1740. The zero-order valence-corrected chi connectivity index (χ0v) is 22.9. The molecule has 0 aliphatic rings. The van der Waals surface area contributed by atoms with Gasteiger partial charge in [0, 0.05) is 0 Å². The summed E-state index contributed by atoms with van der Waals surface area (Å²) >= 11 is 0. The van der Waals surface area contributed by atoms with E-state index in [0.717, 1.165) is 0 Å². The quantitative estimate of drug-likeness (QED) is 0.286. The molecule has 0 fully saturated rings. The van der Waals surface area contributed by atoms with Gasteiger partial charge in [0.15, 0.2) is 0 Å². The monoisotopic (exact) mass is 572 g/mol. The SMILES string of the molecule is CCOc1ccc(S(=O)(=O)c2ccc(S(=O)(=O)c3ccc(S(=O)(=O)c4ccc(OC)cc4)cc3)cc2)cc1. The highest BCUT2D eigenvalue weighted by Gasteiger charge is 2.23. The lowest BCUT2D eigenvalue weighted by Crippen LogP contribution is -2.06. The molecule has 38 heavy (non-hydrogen) atoms. The Balaban J connectivity index is 1.58. The Morgan fingerprint density at radius 2 is 0.684 bits per heavy atom. The maximum absolute atomic E-state index is 13.1. The van der Waals surface area contributed by atoms with Gasteiger partial charge < -0.3 is 9.47 Å². The first-order valence-corrected chi connectivity index (χ1v) is 15.8. The highest BCUT2D eigenvalue weighted by atomic mass is 32.2. The molecule has 0 radical (unpaired) electrons. The molecule has 0 saturated carbocycles. The van der Waals surface area contributed by atoms with Gasteiger partial charge in [0.1, 0.15) is 11.5 Å². The Morgan fingerprint density at radius 3 is 0.921 bits per heavy atom. The number of rotatable bonds is 9. The summed E-state index contributed by atoms with van der Waals surface area (Å²) in [6.07, 6.45) is 0. The molecule has 4 aromatic rings. The summed E-state index contributed by atoms with van der Waals surface area (Å²) in [6.45, 7) is 2.27. The standard InChI is InChI=1S/C27H24O8S3/c1-3-35-21-6-10-23(11-7-21)37(30,31)25-14-18-27(19-15-25)38(32,33)26-16-12-24(13-17-26)36(28,29)22-8-4-20(34-2)5-9-22/h4-19H,3H2,1-2H3. The third-order valence-corrected chi connectivity index (χ3v) is 11.1. The van der Waals surface area contributed by atoms with Gasteiger partial charge in [-0.15, -0.1) is 0 Å². The highest BCUT2D eigenvalue weighted by molar-refractivity contribution is 7.92. The van der Waals surface area contributed by atoms with Gasteiger partial charge in [-0.1, -0.05) is 0 Å². The summed E-state index contributed by atoms with van der Waals surface area (Å²) in [5.74, 6) is 1.04. The van der Waals surface area contributed by atoms with Crippen LogP contribution in [0.1, 0.15) is 6.92 Å². The van der Waals surface area contributed by atoms with E-state index in [-0.39, 0.29) is 29.4 Å². The van der Waals surface area contributed by atoms with E-state index in [1.165, 1.54) is 92.0 Å². The third kappa shape index (κ3) is 5.31. The number of sulfone groups is 3. The number of ether oxygens (including phenoxy) is 2. The van der Waals surface area contributed by atoms with E-state index in [0.29, 0.717) is 18.1 Å². The van der Waals surface area contributed by atoms with E-state index < -0.39 is 29.5 Å². The Kier molecular flexibility index (Phi) is 7.63. The Morgan fingerprint density at radius 1 is 0.447 bits per heavy atom. The third-order valence-electron chi connectivity index (χ3n) is 5.70. The predicted molar refractivity (Wildman–Crippen MR) is 140 cm³/mol. The summed E-state index contributed by atoms with van der Waals surface area (Å²) in [4.78, 5) is -0.314. The lowest BCUT2D eigenvalue weighted by Gasteiger charge is -2.10. The van der Waals surface area contributed by atoms with Crippen LogP contribution in [0.3, 0.4) is 0 Å². The van der Waals surface area contributed by atoms with Crippen molar-refractivity contribution in [2.45, 2.75) is 36.3 Å². The van der Waals surface area contributed by atoms with E-state index in [9.17, 15) is 25.3 Å². The molecule has 0 spiro atoms. The van der Waals surface area contributed by atoms with Crippen LogP contribution in [0.4, 0.5) is 0 Å². The van der Waals surface area contributed by atoms with E-state index >= 15 is 0 Å². The number of benzene rings is 4. The smallest absolute Gasteiger partial charge is 0.206 e. The number of hydrogen-bond acceptors (Lipinski definition) is 8. The van der Waals surface area contributed by atoms with Crippen LogP contribution >= 0.6 is 0 Å². The maximum Gasteiger partial charge on any atom is 0.206 e. The molecular weight excluding hydrogens is 548 g/mol. The molecule has 0 aliphatic heterocycles. The van der Waals surface area contributed by atoms with Crippen molar-refractivity contribution in [3.8, 4) is 11.5 Å². The predicted octanol–water partition coefficient (Wildman–Crippen LogP) is 4.59. The van der Waals surface area contributed by atoms with Crippen molar-refractivity contribution in [3.63, 3.8) is 0 Å². The normalized spacial score (nSPS) is 12.2. The van der Waals surface area contributed by atoms with Crippen LogP contribution in [0.2, 0.25) is 0 Å². The summed E-state index contributed by atoms with van der Waals surface area (Å²) < 4.78 is 88.4. The fraction of sp³-hybridized carbons (Fsp3) is 0.111. The Hall–Kier alpha value is -3.67. The molecule has 0 unspecified atom stereocenters. The van der Waals surface area contributed by atoms with Crippen LogP contribution in [-0.4, -0.2) is 39.0 Å². The summed E-state index contributed by atoms with van der Waals surface area (Å²) in [7, 11) is -10.3. The largest absolute Gasteiger partial charge is 0.497 e. The summed E-state index contributed by atoms with van der Waals surface area (Å²) in [5, 5.41) is 0. The van der Waals surface area contributed by atoms with E-state index in [1.807, 2.05) is 6.92 Å². The molecule has 198 valence electrons. The number of methoxy groups -OCH3 is 1. The molecule has 0 heterocycles.